The number of para-hydroxylation sites is 1. The number of fused-ring (bicyclic) bond motifs is 1. The molecule has 0 aliphatic heterocycles. The third-order valence-corrected chi connectivity index (χ3v) is 3.22. The summed E-state index contributed by atoms with van der Waals surface area (Å²) in [4.78, 5) is 0. The Bertz CT molecular complexity index is 457. The van der Waals surface area contributed by atoms with Gasteiger partial charge in [0.15, 0.2) is 0 Å². The molecule has 1 heterocycles. The summed E-state index contributed by atoms with van der Waals surface area (Å²) in [5.41, 5.74) is 2.79. The van der Waals surface area contributed by atoms with Crippen molar-refractivity contribution in [2.24, 2.45) is 0 Å². The largest absolute Gasteiger partial charge is 0.341 e. The number of nitrogens with zero attached hydrogens (tertiary/aromatic N) is 1. The van der Waals surface area contributed by atoms with Crippen LogP contribution in [-0.2, 0) is 5.75 Å². The Balaban J connectivity index is 2.63. The van der Waals surface area contributed by atoms with Crippen molar-refractivity contribution >= 4 is 22.7 Å². The molecule has 1 aromatic heterocycles. The van der Waals surface area contributed by atoms with Crippen molar-refractivity contribution in [3.05, 3.63) is 36.0 Å². The highest BCUT2D eigenvalue weighted by atomic mass is 32.2. The molecule has 0 fully saturated rings. The fourth-order valence-corrected chi connectivity index (χ4v) is 2.62. The second-order valence-corrected chi connectivity index (χ2v) is 4.96. The summed E-state index contributed by atoms with van der Waals surface area (Å²) in [7, 11) is 0. The number of hydrogen-bond donors (Lipinski definition) is 0. The summed E-state index contributed by atoms with van der Waals surface area (Å²) in [5, 5.41) is 1.36. The third kappa shape index (κ3) is 1.91. The van der Waals surface area contributed by atoms with E-state index < -0.39 is 0 Å². The van der Waals surface area contributed by atoms with Gasteiger partial charge in [0, 0.05) is 23.0 Å². The standard InChI is InChI=1S/C13H17NS/c1-10(2)14-12(9-15-3)8-11-6-4-5-7-13(11)14/h4-8,10H,9H2,1-3H3. The Morgan fingerprint density at radius 2 is 2.00 bits per heavy atom. The van der Waals surface area contributed by atoms with Crippen LogP contribution in [0, 0.1) is 0 Å². The Labute approximate surface area is 95.5 Å². The van der Waals surface area contributed by atoms with E-state index >= 15 is 0 Å². The van der Waals surface area contributed by atoms with Gasteiger partial charge in [0.05, 0.1) is 0 Å². The molecule has 0 spiro atoms. The fraction of sp³-hybridized carbons (Fsp3) is 0.385. The molecular weight excluding hydrogens is 202 g/mol. The zero-order valence-electron chi connectivity index (χ0n) is 9.53. The first-order valence-electron chi connectivity index (χ1n) is 5.32. The van der Waals surface area contributed by atoms with Crippen molar-refractivity contribution in [3.8, 4) is 0 Å². The zero-order valence-corrected chi connectivity index (χ0v) is 10.3. The summed E-state index contributed by atoms with van der Waals surface area (Å²) in [6.07, 6.45) is 2.16. The molecule has 0 unspecified atom stereocenters. The van der Waals surface area contributed by atoms with E-state index in [1.165, 1.54) is 16.6 Å². The van der Waals surface area contributed by atoms with Crippen molar-refractivity contribution in [1.82, 2.24) is 4.57 Å². The van der Waals surface area contributed by atoms with Crippen LogP contribution in [0.1, 0.15) is 25.6 Å². The van der Waals surface area contributed by atoms with E-state index in [0.29, 0.717) is 6.04 Å². The molecule has 1 aromatic carbocycles. The fourth-order valence-electron chi connectivity index (χ4n) is 2.10. The van der Waals surface area contributed by atoms with Crippen LogP contribution in [0.25, 0.3) is 10.9 Å². The lowest BCUT2D eigenvalue weighted by Crippen LogP contribution is -2.04. The molecule has 0 radical (unpaired) electrons. The monoisotopic (exact) mass is 219 g/mol. The number of thioether (sulfide) groups is 1. The van der Waals surface area contributed by atoms with Crippen LogP contribution >= 0.6 is 11.8 Å². The second kappa shape index (κ2) is 4.31. The predicted molar refractivity (Wildman–Crippen MR) is 69.5 cm³/mol. The molecule has 80 valence electrons. The number of hydrogen-bond acceptors (Lipinski definition) is 1. The second-order valence-electron chi connectivity index (χ2n) is 4.09. The molecule has 2 aromatic rings. The molecular formula is C13H17NS. The van der Waals surface area contributed by atoms with Gasteiger partial charge in [-0.1, -0.05) is 18.2 Å². The summed E-state index contributed by atoms with van der Waals surface area (Å²) >= 11 is 1.88. The highest BCUT2D eigenvalue weighted by Crippen LogP contribution is 2.25. The lowest BCUT2D eigenvalue weighted by Gasteiger charge is -2.13. The zero-order chi connectivity index (χ0) is 10.8. The van der Waals surface area contributed by atoms with Gasteiger partial charge in [-0.15, -0.1) is 0 Å². The Morgan fingerprint density at radius 1 is 1.27 bits per heavy atom. The minimum absolute atomic E-state index is 0.534. The molecule has 0 aliphatic carbocycles. The average Bonchev–Trinajstić information content (AvgIpc) is 2.56. The van der Waals surface area contributed by atoms with Crippen LogP contribution in [0.15, 0.2) is 30.3 Å². The van der Waals surface area contributed by atoms with Gasteiger partial charge >= 0.3 is 0 Å². The van der Waals surface area contributed by atoms with Crippen LogP contribution < -0.4 is 0 Å². The highest BCUT2D eigenvalue weighted by molar-refractivity contribution is 7.97. The third-order valence-electron chi connectivity index (χ3n) is 2.64. The van der Waals surface area contributed by atoms with Crippen molar-refractivity contribution < 1.29 is 0 Å². The highest BCUT2D eigenvalue weighted by Gasteiger charge is 2.09. The molecule has 0 saturated carbocycles. The van der Waals surface area contributed by atoms with E-state index in [0.717, 1.165) is 5.75 Å². The minimum atomic E-state index is 0.534. The van der Waals surface area contributed by atoms with E-state index in [1.54, 1.807) is 0 Å². The first kappa shape index (κ1) is 10.6. The van der Waals surface area contributed by atoms with Crippen LogP contribution in [0.3, 0.4) is 0 Å². The maximum atomic E-state index is 2.44. The minimum Gasteiger partial charge on any atom is -0.341 e. The molecule has 0 aliphatic rings. The van der Waals surface area contributed by atoms with Crippen molar-refractivity contribution in [1.29, 1.82) is 0 Å². The van der Waals surface area contributed by atoms with E-state index in [2.05, 4.69) is 55.0 Å². The van der Waals surface area contributed by atoms with Gasteiger partial charge in [-0.05, 0) is 37.6 Å². The van der Waals surface area contributed by atoms with Gasteiger partial charge in [0.25, 0.3) is 0 Å². The summed E-state index contributed by atoms with van der Waals surface area (Å²) in [5.74, 6) is 1.09. The Morgan fingerprint density at radius 3 is 2.67 bits per heavy atom. The van der Waals surface area contributed by atoms with E-state index in [1.807, 2.05) is 11.8 Å². The molecule has 2 rings (SSSR count). The van der Waals surface area contributed by atoms with Gasteiger partial charge in [-0.25, -0.2) is 0 Å². The summed E-state index contributed by atoms with van der Waals surface area (Å²) < 4.78 is 2.44. The molecule has 2 heteroatoms. The smallest absolute Gasteiger partial charge is 0.0485 e. The van der Waals surface area contributed by atoms with Gasteiger partial charge < -0.3 is 4.57 Å². The first-order valence-corrected chi connectivity index (χ1v) is 6.71. The van der Waals surface area contributed by atoms with E-state index in [4.69, 9.17) is 0 Å². The molecule has 0 atom stereocenters. The van der Waals surface area contributed by atoms with Gasteiger partial charge in [0.2, 0.25) is 0 Å². The Hall–Kier alpha value is -0.890. The van der Waals surface area contributed by atoms with E-state index in [-0.39, 0.29) is 0 Å². The number of rotatable bonds is 3. The van der Waals surface area contributed by atoms with E-state index in [9.17, 15) is 0 Å². The first-order chi connectivity index (χ1) is 7.24. The van der Waals surface area contributed by atoms with Gasteiger partial charge in [-0.3, -0.25) is 0 Å². The molecule has 0 bridgehead atoms. The summed E-state index contributed by atoms with van der Waals surface area (Å²) in [6.45, 7) is 4.49. The summed E-state index contributed by atoms with van der Waals surface area (Å²) in [6, 6.07) is 11.5. The SMILES string of the molecule is CSCc1cc2ccccc2n1C(C)C. The average molecular weight is 219 g/mol. The van der Waals surface area contributed by atoms with Crippen LogP contribution in [0.2, 0.25) is 0 Å². The lowest BCUT2D eigenvalue weighted by atomic mass is 10.2. The van der Waals surface area contributed by atoms with Gasteiger partial charge in [0.1, 0.15) is 0 Å². The topological polar surface area (TPSA) is 4.93 Å². The Kier molecular flexibility index (Phi) is 3.06. The predicted octanol–water partition coefficient (Wildman–Crippen LogP) is 4.09. The maximum absolute atomic E-state index is 2.44. The van der Waals surface area contributed by atoms with Crippen LogP contribution in [0.5, 0.6) is 0 Å². The van der Waals surface area contributed by atoms with Crippen LogP contribution in [0.4, 0.5) is 0 Å². The van der Waals surface area contributed by atoms with Crippen molar-refractivity contribution in [3.63, 3.8) is 0 Å². The number of benzene rings is 1. The number of aromatic nitrogens is 1. The molecule has 0 N–H and O–H groups in total. The normalized spacial score (nSPS) is 11.5. The quantitative estimate of drug-likeness (QED) is 0.753. The van der Waals surface area contributed by atoms with Gasteiger partial charge in [-0.2, -0.15) is 11.8 Å². The molecule has 0 amide bonds. The molecule has 15 heavy (non-hydrogen) atoms. The van der Waals surface area contributed by atoms with Crippen LogP contribution in [-0.4, -0.2) is 10.8 Å². The molecule has 1 nitrogen and oxygen atoms in total. The maximum Gasteiger partial charge on any atom is 0.0485 e. The van der Waals surface area contributed by atoms with Crippen molar-refractivity contribution in [2.75, 3.05) is 6.26 Å². The van der Waals surface area contributed by atoms with Crippen molar-refractivity contribution in [2.45, 2.75) is 25.6 Å². The lowest BCUT2D eigenvalue weighted by molar-refractivity contribution is 0.606. The molecule has 0 saturated heterocycles.